The number of carbonyl (C=O) groups excluding carboxylic acids is 1. The number of aliphatic carboxylic acids is 1. The van der Waals surface area contributed by atoms with E-state index in [9.17, 15) is 18.0 Å². The van der Waals surface area contributed by atoms with E-state index in [0.717, 1.165) is 11.4 Å². The van der Waals surface area contributed by atoms with Crippen LogP contribution in [0.15, 0.2) is 0 Å². The highest BCUT2D eigenvalue weighted by Gasteiger charge is 2.38. The number of carboxylic acids is 1. The van der Waals surface area contributed by atoms with E-state index in [1.165, 1.54) is 0 Å². The molecule has 0 aromatic rings. The quantitative estimate of drug-likeness (QED) is 0.498. The molecule has 9 nitrogen and oxygen atoms in total. The second kappa shape index (κ2) is 6.97. The fourth-order valence-electron chi connectivity index (χ4n) is 1.99. The van der Waals surface area contributed by atoms with Crippen molar-refractivity contribution in [3.8, 4) is 0 Å². The molecule has 1 fully saturated rings. The minimum Gasteiger partial charge on any atom is -0.480 e. The number of hydrogen-bond donors (Lipinski definition) is 3. The first-order valence-corrected chi connectivity index (χ1v) is 7.48. The zero-order chi connectivity index (χ0) is 15.3. The Kier molecular flexibility index (Phi) is 5.87. The molecule has 0 saturated carbocycles. The molecular weight excluding hydrogens is 292 g/mol. The molecule has 1 aliphatic heterocycles. The lowest BCUT2D eigenvalue weighted by molar-refractivity contribution is -0.143. The maximum atomic E-state index is 12.1. The lowest BCUT2D eigenvalue weighted by Crippen LogP contribution is -2.56. The van der Waals surface area contributed by atoms with Gasteiger partial charge in [0.05, 0.1) is 13.7 Å². The minimum absolute atomic E-state index is 0.0472. The standard InChI is InChI=1S/C10H18N2O7S/c1-19-10(16)7(6-13)11-20(17,18)12-5-3-2-4-8(12)9(14)15/h7-8,11,13H,2-6H2,1H3,(H,14,15). The molecule has 0 bridgehead atoms. The third-order valence-corrected chi connectivity index (χ3v) is 4.64. The van der Waals surface area contributed by atoms with Crippen molar-refractivity contribution in [1.29, 1.82) is 0 Å². The molecule has 0 aromatic heterocycles. The highest BCUT2D eigenvalue weighted by atomic mass is 32.2. The van der Waals surface area contributed by atoms with E-state index in [1.807, 2.05) is 4.72 Å². The summed E-state index contributed by atoms with van der Waals surface area (Å²) in [6.45, 7) is -0.733. The van der Waals surface area contributed by atoms with Crippen molar-refractivity contribution in [3.63, 3.8) is 0 Å². The predicted octanol–water partition coefficient (Wildman–Crippen LogP) is -1.71. The van der Waals surface area contributed by atoms with Gasteiger partial charge in [0.15, 0.2) is 0 Å². The van der Waals surface area contributed by atoms with E-state index < -0.39 is 40.8 Å². The number of carboxylic acid groups (broad SMARTS) is 1. The normalized spacial score (nSPS) is 22.2. The summed E-state index contributed by atoms with van der Waals surface area (Å²) in [6.07, 6.45) is 1.36. The van der Waals surface area contributed by atoms with Crippen LogP contribution in [0.3, 0.4) is 0 Å². The van der Waals surface area contributed by atoms with Gasteiger partial charge in [-0.2, -0.15) is 17.4 Å². The van der Waals surface area contributed by atoms with Gasteiger partial charge in [-0.1, -0.05) is 0 Å². The molecule has 10 heteroatoms. The highest BCUT2D eigenvalue weighted by Crippen LogP contribution is 2.20. The van der Waals surface area contributed by atoms with E-state index in [4.69, 9.17) is 10.2 Å². The number of esters is 1. The number of aliphatic hydroxyl groups excluding tert-OH is 1. The molecule has 0 aliphatic carbocycles. The SMILES string of the molecule is COC(=O)C(CO)NS(=O)(=O)N1CCCCC1C(=O)O. The first kappa shape index (κ1) is 16.8. The molecule has 1 saturated heterocycles. The number of rotatable bonds is 6. The number of nitrogens with zero attached hydrogens (tertiary/aromatic N) is 1. The van der Waals surface area contributed by atoms with Crippen molar-refractivity contribution in [2.24, 2.45) is 0 Å². The third kappa shape index (κ3) is 3.88. The highest BCUT2D eigenvalue weighted by molar-refractivity contribution is 7.87. The Bertz CT molecular complexity index is 464. The summed E-state index contributed by atoms with van der Waals surface area (Å²) >= 11 is 0. The molecule has 0 aromatic carbocycles. The van der Waals surface area contributed by atoms with Crippen LogP contribution in [0.5, 0.6) is 0 Å². The van der Waals surface area contributed by atoms with Crippen LogP contribution in [0.25, 0.3) is 0 Å². The lowest BCUT2D eigenvalue weighted by Gasteiger charge is -2.32. The second-order valence-corrected chi connectivity index (χ2v) is 6.00. The van der Waals surface area contributed by atoms with Gasteiger partial charge in [-0.25, -0.2) is 0 Å². The number of methoxy groups -OCH3 is 1. The Labute approximate surface area is 116 Å². The van der Waals surface area contributed by atoms with E-state index >= 15 is 0 Å². The average Bonchev–Trinajstić information content (AvgIpc) is 2.43. The fraction of sp³-hybridized carbons (Fsp3) is 0.800. The van der Waals surface area contributed by atoms with Crippen LogP contribution in [0.1, 0.15) is 19.3 Å². The first-order chi connectivity index (χ1) is 9.33. The Morgan fingerprint density at radius 3 is 2.60 bits per heavy atom. The zero-order valence-corrected chi connectivity index (χ0v) is 11.8. The summed E-state index contributed by atoms with van der Waals surface area (Å²) in [5.74, 6) is -2.19. The summed E-state index contributed by atoms with van der Waals surface area (Å²) in [5.41, 5.74) is 0. The molecule has 3 N–H and O–H groups in total. The summed E-state index contributed by atoms with van der Waals surface area (Å²) in [7, 11) is -3.15. The number of aliphatic hydroxyl groups is 1. The molecule has 2 atom stereocenters. The second-order valence-electron chi connectivity index (χ2n) is 4.34. The van der Waals surface area contributed by atoms with Crippen LogP contribution in [0.4, 0.5) is 0 Å². The Morgan fingerprint density at radius 2 is 2.10 bits per heavy atom. The van der Waals surface area contributed by atoms with Crippen LogP contribution in [0.2, 0.25) is 0 Å². The van der Waals surface area contributed by atoms with Gasteiger partial charge < -0.3 is 14.9 Å². The molecule has 2 unspecified atom stereocenters. The zero-order valence-electron chi connectivity index (χ0n) is 11.0. The predicted molar refractivity (Wildman–Crippen MR) is 66.9 cm³/mol. The molecular formula is C10H18N2O7S. The average molecular weight is 310 g/mol. The Balaban J connectivity index is 2.90. The molecule has 1 rings (SSSR count). The molecule has 0 amide bonds. The maximum Gasteiger partial charge on any atom is 0.326 e. The number of carbonyl (C=O) groups is 2. The summed E-state index contributed by atoms with van der Waals surface area (Å²) < 4.78 is 31.4. The Morgan fingerprint density at radius 1 is 1.45 bits per heavy atom. The number of hydrogen-bond acceptors (Lipinski definition) is 6. The molecule has 0 spiro atoms. The van der Waals surface area contributed by atoms with Gasteiger partial charge in [0.2, 0.25) is 0 Å². The molecule has 20 heavy (non-hydrogen) atoms. The van der Waals surface area contributed by atoms with Gasteiger partial charge in [0.1, 0.15) is 12.1 Å². The number of piperidine rings is 1. The van der Waals surface area contributed by atoms with Gasteiger partial charge in [-0.15, -0.1) is 0 Å². The van der Waals surface area contributed by atoms with Crippen LogP contribution in [-0.2, 0) is 24.5 Å². The van der Waals surface area contributed by atoms with Gasteiger partial charge in [0.25, 0.3) is 10.2 Å². The van der Waals surface area contributed by atoms with E-state index in [1.54, 1.807) is 0 Å². The van der Waals surface area contributed by atoms with Crippen LogP contribution < -0.4 is 4.72 Å². The lowest BCUT2D eigenvalue weighted by atomic mass is 10.1. The van der Waals surface area contributed by atoms with Crippen molar-refractivity contribution >= 4 is 22.1 Å². The van der Waals surface area contributed by atoms with Crippen LogP contribution >= 0.6 is 0 Å². The summed E-state index contributed by atoms with van der Waals surface area (Å²) in [6, 6.07) is -2.63. The van der Waals surface area contributed by atoms with Gasteiger partial charge in [-0.05, 0) is 19.3 Å². The monoisotopic (exact) mass is 310 g/mol. The topological polar surface area (TPSA) is 133 Å². The van der Waals surface area contributed by atoms with Crippen molar-refractivity contribution < 1.29 is 33.0 Å². The van der Waals surface area contributed by atoms with Crippen molar-refractivity contribution in [2.75, 3.05) is 20.3 Å². The van der Waals surface area contributed by atoms with E-state index in [0.29, 0.717) is 12.8 Å². The fourth-order valence-corrected chi connectivity index (χ4v) is 3.55. The maximum absolute atomic E-state index is 12.1. The molecule has 1 aliphatic rings. The van der Waals surface area contributed by atoms with Gasteiger partial charge in [-0.3, -0.25) is 9.59 Å². The smallest absolute Gasteiger partial charge is 0.326 e. The molecule has 0 radical (unpaired) electrons. The minimum atomic E-state index is -4.20. The van der Waals surface area contributed by atoms with Crippen LogP contribution in [0, 0.1) is 0 Å². The molecule has 116 valence electrons. The largest absolute Gasteiger partial charge is 0.480 e. The summed E-state index contributed by atoms with van der Waals surface area (Å²) in [5, 5.41) is 18.0. The first-order valence-electron chi connectivity index (χ1n) is 6.04. The Hall–Kier alpha value is -1.23. The third-order valence-electron chi connectivity index (χ3n) is 3.01. The van der Waals surface area contributed by atoms with E-state index in [-0.39, 0.29) is 13.0 Å². The van der Waals surface area contributed by atoms with Crippen LogP contribution in [-0.4, -0.2) is 67.2 Å². The summed E-state index contributed by atoms with van der Waals surface area (Å²) in [4.78, 5) is 22.4. The number of nitrogens with one attached hydrogen (secondary N) is 1. The van der Waals surface area contributed by atoms with Gasteiger partial charge >= 0.3 is 11.9 Å². The van der Waals surface area contributed by atoms with E-state index in [2.05, 4.69) is 4.74 Å². The van der Waals surface area contributed by atoms with Crippen molar-refractivity contribution in [1.82, 2.24) is 9.03 Å². The van der Waals surface area contributed by atoms with Gasteiger partial charge in [0, 0.05) is 6.54 Å². The molecule has 1 heterocycles. The van der Waals surface area contributed by atoms with Crippen molar-refractivity contribution in [3.05, 3.63) is 0 Å². The van der Waals surface area contributed by atoms with Crippen molar-refractivity contribution in [2.45, 2.75) is 31.3 Å². The number of ether oxygens (including phenoxy) is 1.